The summed E-state index contributed by atoms with van der Waals surface area (Å²) in [6.07, 6.45) is 62.5. The molecular weight excluding hydrogens is 1330 g/mol. The highest BCUT2D eigenvalue weighted by atomic mass is 31.2. The Morgan fingerprint density at radius 3 is 0.745 bits per heavy atom. The molecule has 0 aliphatic rings. The van der Waals surface area contributed by atoms with Crippen LogP contribution in [0.1, 0.15) is 434 Å². The Hall–Kier alpha value is -1.94. The monoisotopic (exact) mass is 1490 g/mol. The fourth-order valence-corrected chi connectivity index (χ4v) is 14.4. The van der Waals surface area contributed by atoms with Gasteiger partial charge in [0.1, 0.15) is 19.3 Å². The highest BCUT2D eigenvalue weighted by Crippen LogP contribution is 2.45. The van der Waals surface area contributed by atoms with Gasteiger partial charge < -0.3 is 33.8 Å². The first-order valence-electron chi connectivity index (χ1n) is 42.9. The third-order valence-electron chi connectivity index (χ3n) is 19.7. The Morgan fingerprint density at radius 2 is 0.500 bits per heavy atom. The number of aliphatic hydroxyl groups excluding tert-OH is 1. The number of unbranched alkanes of at least 4 members (excludes halogenated alkanes) is 48. The van der Waals surface area contributed by atoms with E-state index in [0.29, 0.717) is 31.6 Å². The minimum absolute atomic E-state index is 0.107. The predicted octanol–water partition coefficient (Wildman–Crippen LogP) is 24.9. The number of hydrogen-bond acceptors (Lipinski definition) is 15. The molecule has 0 aromatic rings. The molecule has 606 valence electrons. The van der Waals surface area contributed by atoms with Crippen molar-refractivity contribution in [2.45, 2.75) is 452 Å². The number of carbonyl (C=O) groups is 4. The van der Waals surface area contributed by atoms with E-state index in [4.69, 9.17) is 37.0 Å². The molecule has 0 saturated heterocycles. The van der Waals surface area contributed by atoms with Gasteiger partial charge in [-0.3, -0.25) is 37.3 Å². The Morgan fingerprint density at radius 1 is 0.284 bits per heavy atom. The van der Waals surface area contributed by atoms with Gasteiger partial charge in [0.2, 0.25) is 0 Å². The van der Waals surface area contributed by atoms with Crippen LogP contribution in [-0.2, 0) is 65.4 Å². The van der Waals surface area contributed by atoms with Crippen LogP contribution in [0.3, 0.4) is 0 Å². The summed E-state index contributed by atoms with van der Waals surface area (Å²) in [5, 5.41) is 10.6. The van der Waals surface area contributed by atoms with Gasteiger partial charge in [-0.1, -0.05) is 382 Å². The average molecular weight is 1490 g/mol. The number of phosphoric ester groups is 2. The first-order chi connectivity index (χ1) is 49.3. The van der Waals surface area contributed by atoms with Crippen molar-refractivity contribution in [3.8, 4) is 0 Å². The normalized spacial score (nSPS) is 14.2. The number of aliphatic hydroxyl groups is 1. The van der Waals surface area contributed by atoms with E-state index in [1.165, 1.54) is 238 Å². The Bertz CT molecular complexity index is 1980. The lowest BCUT2D eigenvalue weighted by atomic mass is 9.99. The van der Waals surface area contributed by atoms with Crippen molar-refractivity contribution < 1.29 is 80.2 Å². The third kappa shape index (κ3) is 74.9. The third-order valence-corrected chi connectivity index (χ3v) is 21.6. The summed E-state index contributed by atoms with van der Waals surface area (Å²) >= 11 is 0. The van der Waals surface area contributed by atoms with Gasteiger partial charge in [0.05, 0.1) is 26.4 Å². The number of hydrogen-bond donors (Lipinski definition) is 3. The summed E-state index contributed by atoms with van der Waals surface area (Å²) in [6.45, 7) is 12.0. The number of rotatable bonds is 81. The first kappa shape index (κ1) is 100. The lowest BCUT2D eigenvalue weighted by Crippen LogP contribution is -2.30. The number of esters is 4. The second-order valence-corrected chi connectivity index (χ2v) is 34.0. The van der Waals surface area contributed by atoms with Gasteiger partial charge in [-0.2, -0.15) is 0 Å². The van der Waals surface area contributed by atoms with Gasteiger partial charge in [0, 0.05) is 25.7 Å². The number of ether oxygens (including phenoxy) is 4. The van der Waals surface area contributed by atoms with E-state index in [1.54, 1.807) is 0 Å². The van der Waals surface area contributed by atoms with Crippen molar-refractivity contribution in [3.05, 3.63) is 0 Å². The summed E-state index contributed by atoms with van der Waals surface area (Å²) in [7, 11) is -9.92. The molecule has 0 aliphatic heterocycles. The SMILES string of the molecule is CCCCCCCCCCCCCCCC(=O)O[C@H](COC(=O)CCCCCCCCCC(C)C)COP(=O)(O)OC[C@H](O)COP(=O)(O)OC[C@@H](COC(=O)CCCCCCCCCCCCCCCCC(C)C)OC(=O)CCCCCCCCCCCCCCCCCCCCC(C)CC. The van der Waals surface area contributed by atoms with Crippen LogP contribution < -0.4 is 0 Å². The Balaban J connectivity index is 5.22. The fraction of sp³-hybridized carbons (Fsp3) is 0.952. The molecule has 0 radical (unpaired) electrons. The van der Waals surface area contributed by atoms with E-state index < -0.39 is 97.5 Å². The van der Waals surface area contributed by atoms with Crippen molar-refractivity contribution in [1.82, 2.24) is 0 Å². The average Bonchev–Trinajstić information content (AvgIpc) is 0.915. The molecule has 0 amide bonds. The van der Waals surface area contributed by atoms with E-state index in [2.05, 4.69) is 48.5 Å². The molecule has 0 spiro atoms. The highest BCUT2D eigenvalue weighted by Gasteiger charge is 2.30. The molecule has 0 heterocycles. The Labute approximate surface area is 626 Å². The summed E-state index contributed by atoms with van der Waals surface area (Å²) in [5.41, 5.74) is 0. The largest absolute Gasteiger partial charge is 0.472 e. The van der Waals surface area contributed by atoms with E-state index in [-0.39, 0.29) is 25.7 Å². The fourth-order valence-electron chi connectivity index (χ4n) is 12.8. The van der Waals surface area contributed by atoms with Gasteiger partial charge in [-0.15, -0.1) is 0 Å². The Kier molecular flexibility index (Phi) is 71.8. The van der Waals surface area contributed by atoms with E-state index >= 15 is 0 Å². The summed E-state index contributed by atoms with van der Waals surface area (Å²) in [6, 6.07) is 0. The maximum atomic E-state index is 13.1. The molecule has 6 atom stereocenters. The second kappa shape index (κ2) is 73.2. The van der Waals surface area contributed by atoms with Crippen molar-refractivity contribution in [2.75, 3.05) is 39.6 Å². The van der Waals surface area contributed by atoms with Gasteiger partial charge in [-0.25, -0.2) is 9.13 Å². The molecule has 19 heteroatoms. The van der Waals surface area contributed by atoms with Crippen LogP contribution in [0, 0.1) is 17.8 Å². The molecule has 0 aliphatic carbocycles. The van der Waals surface area contributed by atoms with Crippen LogP contribution in [-0.4, -0.2) is 96.7 Å². The summed E-state index contributed by atoms with van der Waals surface area (Å²) < 4.78 is 68.7. The first-order valence-corrected chi connectivity index (χ1v) is 45.9. The number of phosphoric acid groups is 2. The molecule has 0 aromatic heterocycles. The lowest BCUT2D eigenvalue weighted by molar-refractivity contribution is -0.161. The molecule has 3 unspecified atom stereocenters. The second-order valence-electron chi connectivity index (χ2n) is 31.1. The van der Waals surface area contributed by atoms with Crippen LogP contribution >= 0.6 is 15.6 Å². The van der Waals surface area contributed by atoms with Crippen LogP contribution in [0.4, 0.5) is 0 Å². The van der Waals surface area contributed by atoms with E-state index in [0.717, 1.165) is 108 Å². The lowest BCUT2D eigenvalue weighted by Gasteiger charge is -2.21. The van der Waals surface area contributed by atoms with Gasteiger partial charge in [0.25, 0.3) is 0 Å². The molecule has 0 bridgehead atoms. The molecule has 0 saturated carbocycles. The standard InChI is InChI=1S/C83H162O17P2/c1-8-10-11-12-13-14-15-24-32-37-44-52-59-66-82(87)100-79(71-94-81(86)65-58-51-46-39-41-48-55-62-75(5)6)73-98-102(91,92)96-69-77(84)68-95-101(89,90)97-72-78(70-93-80(85)64-57-50-43-36-31-27-23-22-25-29-34-40-47-54-61-74(3)4)99-83(88)67-60-53-45-38-33-28-21-19-17-16-18-20-26-30-35-42-49-56-63-76(7)9-2/h74-79,84H,8-73H2,1-7H3,(H,89,90)(H,91,92)/t76?,77-,78-,79-/m1/s1. The van der Waals surface area contributed by atoms with Crippen molar-refractivity contribution >= 4 is 39.5 Å². The van der Waals surface area contributed by atoms with Crippen molar-refractivity contribution in [1.29, 1.82) is 0 Å². The van der Waals surface area contributed by atoms with Gasteiger partial charge in [-0.05, 0) is 43.4 Å². The maximum absolute atomic E-state index is 13.1. The minimum Gasteiger partial charge on any atom is -0.462 e. The molecular formula is C83H162O17P2. The van der Waals surface area contributed by atoms with Crippen molar-refractivity contribution in [2.24, 2.45) is 17.8 Å². The molecule has 0 rings (SSSR count). The van der Waals surface area contributed by atoms with E-state index in [1.807, 2.05) is 0 Å². The van der Waals surface area contributed by atoms with Crippen LogP contribution in [0.2, 0.25) is 0 Å². The minimum atomic E-state index is -4.96. The predicted molar refractivity (Wildman–Crippen MR) is 418 cm³/mol. The zero-order valence-electron chi connectivity index (χ0n) is 67.1. The summed E-state index contributed by atoms with van der Waals surface area (Å²) in [4.78, 5) is 73.1. The zero-order valence-corrected chi connectivity index (χ0v) is 68.9. The summed E-state index contributed by atoms with van der Waals surface area (Å²) in [5.74, 6) is 0.267. The number of carbonyl (C=O) groups excluding carboxylic acids is 4. The van der Waals surface area contributed by atoms with Gasteiger partial charge >= 0.3 is 39.5 Å². The van der Waals surface area contributed by atoms with Crippen LogP contribution in [0.5, 0.6) is 0 Å². The smallest absolute Gasteiger partial charge is 0.462 e. The molecule has 0 aromatic carbocycles. The molecule has 0 fully saturated rings. The topological polar surface area (TPSA) is 237 Å². The van der Waals surface area contributed by atoms with E-state index in [9.17, 15) is 43.2 Å². The molecule has 102 heavy (non-hydrogen) atoms. The maximum Gasteiger partial charge on any atom is 0.472 e. The van der Waals surface area contributed by atoms with Gasteiger partial charge in [0.15, 0.2) is 12.2 Å². The molecule has 3 N–H and O–H groups in total. The quantitative estimate of drug-likeness (QED) is 0.0222. The highest BCUT2D eigenvalue weighted by molar-refractivity contribution is 7.47. The van der Waals surface area contributed by atoms with Crippen LogP contribution in [0.25, 0.3) is 0 Å². The van der Waals surface area contributed by atoms with Crippen molar-refractivity contribution in [3.63, 3.8) is 0 Å². The zero-order chi connectivity index (χ0) is 75.1. The molecule has 17 nitrogen and oxygen atoms in total. The van der Waals surface area contributed by atoms with Crippen LogP contribution in [0.15, 0.2) is 0 Å².